The zero-order valence-electron chi connectivity index (χ0n) is 19.8. The van der Waals surface area contributed by atoms with E-state index < -0.39 is 0 Å². The van der Waals surface area contributed by atoms with Gasteiger partial charge in [0.25, 0.3) is 0 Å². The third-order valence-corrected chi connectivity index (χ3v) is 8.40. The molecule has 3 aromatic heterocycles. The summed E-state index contributed by atoms with van der Waals surface area (Å²) in [6.45, 7) is 0. The number of fused-ring (bicyclic) bond motifs is 2. The molecule has 6 aromatic rings. The standard InChI is InChI=1S/C30H20N4OS2/c1-35-19-12-10-18(11-13-19)28(22-14-16-24(31-22)29-33-20-6-2-4-8-26(20)36-29)23-15-17-25(32-23)30-34-21-7-3-5-9-27(21)37-30/h2-17,31H,1H3/b28-23-. The molecule has 0 radical (unpaired) electrons. The SMILES string of the molecule is COc1ccc(/C(=C2\C=CC(c3nc4ccccc4s3)=N2)c2ccc(-c3nc4ccccc4s3)[nH]2)cc1. The van der Waals surface area contributed by atoms with Gasteiger partial charge in [0.2, 0.25) is 0 Å². The first kappa shape index (κ1) is 21.9. The Morgan fingerprint density at radius 3 is 2.11 bits per heavy atom. The summed E-state index contributed by atoms with van der Waals surface area (Å²) in [5.74, 6) is 0.815. The van der Waals surface area contributed by atoms with Crippen LogP contribution < -0.4 is 4.74 Å². The van der Waals surface area contributed by atoms with E-state index in [0.717, 1.165) is 65.4 Å². The Labute approximate surface area is 221 Å². The maximum atomic E-state index is 5.40. The van der Waals surface area contributed by atoms with Crippen LogP contribution in [-0.4, -0.2) is 27.8 Å². The van der Waals surface area contributed by atoms with Gasteiger partial charge in [-0.2, -0.15) is 0 Å². The van der Waals surface area contributed by atoms with E-state index in [9.17, 15) is 0 Å². The van der Waals surface area contributed by atoms with E-state index in [4.69, 9.17) is 19.7 Å². The van der Waals surface area contributed by atoms with Crippen LogP contribution in [0.4, 0.5) is 0 Å². The minimum absolute atomic E-state index is 0.815. The molecule has 5 nitrogen and oxygen atoms in total. The molecule has 7 heteroatoms. The van der Waals surface area contributed by atoms with Crippen LogP contribution >= 0.6 is 22.7 Å². The van der Waals surface area contributed by atoms with Crippen LogP contribution in [-0.2, 0) is 0 Å². The lowest BCUT2D eigenvalue weighted by molar-refractivity contribution is 0.415. The number of thiazole rings is 2. The molecule has 1 N–H and O–H groups in total. The van der Waals surface area contributed by atoms with Gasteiger partial charge in [-0.15, -0.1) is 22.7 Å². The number of aromatic nitrogens is 3. The van der Waals surface area contributed by atoms with Crippen LogP contribution in [0.2, 0.25) is 0 Å². The fourth-order valence-corrected chi connectivity index (χ4v) is 6.34. The highest BCUT2D eigenvalue weighted by atomic mass is 32.1. The molecule has 0 amide bonds. The number of H-pyrrole nitrogens is 1. The van der Waals surface area contributed by atoms with Crippen LogP contribution in [0, 0.1) is 0 Å². The Morgan fingerprint density at radius 2 is 1.41 bits per heavy atom. The number of hydrogen-bond acceptors (Lipinski definition) is 6. The van der Waals surface area contributed by atoms with E-state index in [0.29, 0.717) is 0 Å². The molecule has 0 bridgehead atoms. The summed E-state index contributed by atoms with van der Waals surface area (Å²) in [6.07, 6.45) is 4.12. The highest BCUT2D eigenvalue weighted by molar-refractivity contribution is 7.21. The van der Waals surface area contributed by atoms with Crippen molar-refractivity contribution >= 4 is 54.4 Å². The molecule has 178 valence electrons. The van der Waals surface area contributed by atoms with E-state index in [1.54, 1.807) is 29.8 Å². The monoisotopic (exact) mass is 516 g/mol. The zero-order chi connectivity index (χ0) is 24.8. The zero-order valence-corrected chi connectivity index (χ0v) is 21.4. The second kappa shape index (κ2) is 8.96. The highest BCUT2D eigenvalue weighted by Gasteiger charge is 2.19. The fraction of sp³-hybridized carbons (Fsp3) is 0.0333. The van der Waals surface area contributed by atoms with Gasteiger partial charge in [0.05, 0.1) is 44.6 Å². The minimum atomic E-state index is 0.815. The molecule has 0 spiro atoms. The number of ether oxygens (including phenoxy) is 1. The number of aromatic amines is 1. The molecule has 0 aliphatic carbocycles. The molecule has 0 saturated carbocycles. The number of benzene rings is 3. The molecular weight excluding hydrogens is 496 g/mol. The van der Waals surface area contributed by atoms with Crippen molar-refractivity contribution in [3.05, 3.63) is 119 Å². The van der Waals surface area contributed by atoms with Gasteiger partial charge < -0.3 is 9.72 Å². The number of allylic oxidation sites excluding steroid dienone is 2. The maximum Gasteiger partial charge on any atom is 0.143 e. The summed E-state index contributed by atoms with van der Waals surface area (Å²) in [5.41, 5.74) is 7.80. The lowest BCUT2D eigenvalue weighted by Crippen LogP contribution is -1.94. The number of nitrogens with zero attached hydrogens (tertiary/aromatic N) is 3. The van der Waals surface area contributed by atoms with Crippen LogP contribution in [0.5, 0.6) is 5.75 Å². The summed E-state index contributed by atoms with van der Waals surface area (Å²) >= 11 is 3.35. The lowest BCUT2D eigenvalue weighted by Gasteiger charge is -2.09. The summed E-state index contributed by atoms with van der Waals surface area (Å²) in [5, 5.41) is 1.88. The average molecular weight is 517 g/mol. The first-order valence-electron chi connectivity index (χ1n) is 11.8. The second-order valence-electron chi connectivity index (χ2n) is 8.58. The molecular formula is C30H20N4OS2. The van der Waals surface area contributed by atoms with Gasteiger partial charge in [-0.1, -0.05) is 36.4 Å². The van der Waals surface area contributed by atoms with Crippen molar-refractivity contribution in [2.75, 3.05) is 7.11 Å². The minimum Gasteiger partial charge on any atom is -0.497 e. The normalized spacial score (nSPS) is 14.5. The second-order valence-corrected chi connectivity index (χ2v) is 10.6. The molecule has 0 saturated heterocycles. The van der Waals surface area contributed by atoms with Crippen molar-refractivity contribution in [1.29, 1.82) is 0 Å². The average Bonchev–Trinajstić information content (AvgIpc) is 3.74. The Morgan fingerprint density at radius 1 is 0.730 bits per heavy atom. The maximum absolute atomic E-state index is 5.40. The van der Waals surface area contributed by atoms with Gasteiger partial charge in [0.15, 0.2) is 0 Å². The van der Waals surface area contributed by atoms with Crippen molar-refractivity contribution in [3.63, 3.8) is 0 Å². The van der Waals surface area contributed by atoms with Gasteiger partial charge >= 0.3 is 0 Å². The predicted molar refractivity (Wildman–Crippen MR) is 154 cm³/mol. The molecule has 37 heavy (non-hydrogen) atoms. The van der Waals surface area contributed by atoms with Gasteiger partial charge in [-0.3, -0.25) is 0 Å². The van der Waals surface area contributed by atoms with Crippen LogP contribution in [0.3, 0.4) is 0 Å². The molecule has 1 aliphatic rings. The topological polar surface area (TPSA) is 63.2 Å². The highest BCUT2D eigenvalue weighted by Crippen LogP contribution is 2.35. The van der Waals surface area contributed by atoms with E-state index >= 15 is 0 Å². The number of methoxy groups -OCH3 is 1. The number of nitrogens with one attached hydrogen (secondary N) is 1. The Balaban J connectivity index is 1.34. The van der Waals surface area contributed by atoms with Crippen molar-refractivity contribution in [2.24, 2.45) is 4.99 Å². The van der Waals surface area contributed by atoms with Crippen LogP contribution in [0.15, 0.2) is 108 Å². The van der Waals surface area contributed by atoms with Gasteiger partial charge in [-0.25, -0.2) is 15.0 Å². The quantitative estimate of drug-likeness (QED) is 0.255. The first-order chi connectivity index (χ1) is 18.2. The molecule has 1 aliphatic heterocycles. The van der Waals surface area contributed by atoms with E-state index in [2.05, 4.69) is 47.5 Å². The van der Waals surface area contributed by atoms with Gasteiger partial charge in [0.1, 0.15) is 15.8 Å². The van der Waals surface area contributed by atoms with E-state index in [-0.39, 0.29) is 0 Å². The molecule has 4 heterocycles. The molecule has 0 unspecified atom stereocenters. The van der Waals surface area contributed by atoms with Crippen molar-refractivity contribution in [1.82, 2.24) is 15.0 Å². The Hall–Kier alpha value is -4.33. The van der Waals surface area contributed by atoms with E-state index in [1.807, 2.05) is 54.6 Å². The molecule has 0 fully saturated rings. The number of rotatable bonds is 5. The first-order valence-corrected chi connectivity index (χ1v) is 13.5. The number of hydrogen-bond donors (Lipinski definition) is 1. The van der Waals surface area contributed by atoms with Crippen LogP contribution in [0.1, 0.15) is 16.3 Å². The Kier molecular flexibility index (Phi) is 5.30. The number of para-hydroxylation sites is 2. The Bertz CT molecular complexity index is 1800. The lowest BCUT2D eigenvalue weighted by atomic mass is 10.0. The molecule has 0 atom stereocenters. The molecule has 7 rings (SSSR count). The fourth-order valence-electron chi connectivity index (χ4n) is 4.45. The summed E-state index contributed by atoms with van der Waals surface area (Å²) in [4.78, 5) is 18.3. The van der Waals surface area contributed by atoms with Crippen molar-refractivity contribution < 1.29 is 4.74 Å². The van der Waals surface area contributed by atoms with Crippen molar-refractivity contribution in [3.8, 4) is 16.5 Å². The molecule has 3 aromatic carbocycles. The predicted octanol–water partition coefficient (Wildman–Crippen LogP) is 7.73. The summed E-state index contributed by atoms with van der Waals surface area (Å²) in [7, 11) is 1.68. The third-order valence-electron chi connectivity index (χ3n) is 6.27. The number of aliphatic imine (C=N–C) groups is 1. The van der Waals surface area contributed by atoms with Gasteiger partial charge in [-0.05, 0) is 66.2 Å². The van der Waals surface area contributed by atoms with Crippen molar-refractivity contribution in [2.45, 2.75) is 0 Å². The summed E-state index contributed by atoms with van der Waals surface area (Å²) < 4.78 is 7.73. The summed E-state index contributed by atoms with van der Waals surface area (Å²) in [6, 6.07) is 28.7. The largest absolute Gasteiger partial charge is 0.497 e. The van der Waals surface area contributed by atoms with Gasteiger partial charge in [0, 0.05) is 11.3 Å². The van der Waals surface area contributed by atoms with E-state index in [1.165, 1.54) is 4.70 Å². The third kappa shape index (κ3) is 3.98. The van der Waals surface area contributed by atoms with Crippen LogP contribution in [0.25, 0.3) is 36.7 Å². The smallest absolute Gasteiger partial charge is 0.143 e.